The number of hydrogen-bond donors (Lipinski definition) is 3. The number of nitrogens with zero attached hydrogens (tertiary/aromatic N) is 1. The number of ether oxygens (including phenoxy) is 1. The molecule has 1 amide bonds. The van der Waals surface area contributed by atoms with E-state index in [1.807, 2.05) is 20.8 Å². The van der Waals surface area contributed by atoms with Crippen LogP contribution in [0.1, 0.15) is 26.0 Å². The maximum absolute atomic E-state index is 12.0. The Morgan fingerprint density at radius 2 is 2.04 bits per heavy atom. The van der Waals surface area contributed by atoms with Crippen LogP contribution in [0, 0.1) is 12.8 Å². The van der Waals surface area contributed by atoms with Gasteiger partial charge in [0.2, 0.25) is 11.8 Å². The van der Waals surface area contributed by atoms with Gasteiger partial charge in [-0.3, -0.25) is 9.89 Å². The molecular formula is C16H23ClN4O2. The molecule has 1 aromatic heterocycles. The van der Waals surface area contributed by atoms with Gasteiger partial charge in [-0.25, -0.2) is 0 Å². The van der Waals surface area contributed by atoms with Crippen LogP contribution in [-0.4, -0.2) is 22.1 Å². The minimum Gasteiger partial charge on any atom is -0.438 e. The quantitative estimate of drug-likeness (QED) is 0.753. The van der Waals surface area contributed by atoms with E-state index in [9.17, 15) is 4.79 Å². The van der Waals surface area contributed by atoms with E-state index in [2.05, 4.69) is 15.5 Å². The average molecular weight is 339 g/mol. The molecule has 23 heavy (non-hydrogen) atoms. The lowest BCUT2D eigenvalue weighted by Crippen LogP contribution is -2.40. The molecule has 0 saturated heterocycles. The minimum absolute atomic E-state index is 0. The number of hydrogen-bond acceptors (Lipinski definition) is 4. The van der Waals surface area contributed by atoms with Crippen LogP contribution in [0.2, 0.25) is 0 Å². The molecule has 4 N–H and O–H groups in total. The lowest BCUT2D eigenvalue weighted by atomic mass is 9.99. The Bertz CT molecular complexity index is 627. The van der Waals surface area contributed by atoms with Gasteiger partial charge in [-0.2, -0.15) is 0 Å². The van der Waals surface area contributed by atoms with Crippen LogP contribution in [0.3, 0.4) is 0 Å². The zero-order valence-corrected chi connectivity index (χ0v) is 14.3. The largest absolute Gasteiger partial charge is 0.438 e. The molecule has 0 aliphatic carbocycles. The Hall–Kier alpha value is -2.05. The van der Waals surface area contributed by atoms with Gasteiger partial charge in [0.05, 0.1) is 6.04 Å². The molecule has 2 aromatic rings. The van der Waals surface area contributed by atoms with E-state index >= 15 is 0 Å². The van der Waals surface area contributed by atoms with E-state index in [1.165, 1.54) is 0 Å². The Morgan fingerprint density at radius 1 is 1.39 bits per heavy atom. The van der Waals surface area contributed by atoms with Crippen molar-refractivity contribution in [3.05, 3.63) is 36.0 Å². The second-order valence-electron chi connectivity index (χ2n) is 5.42. The highest BCUT2D eigenvalue weighted by atomic mass is 35.5. The molecule has 2 unspecified atom stereocenters. The Labute approximate surface area is 142 Å². The third-order valence-corrected chi connectivity index (χ3v) is 3.59. The van der Waals surface area contributed by atoms with Crippen molar-refractivity contribution >= 4 is 24.0 Å². The normalized spacial score (nSPS) is 12.9. The van der Waals surface area contributed by atoms with E-state index in [1.54, 1.807) is 30.3 Å². The van der Waals surface area contributed by atoms with Crippen molar-refractivity contribution in [1.82, 2.24) is 10.2 Å². The summed E-state index contributed by atoms with van der Waals surface area (Å²) < 4.78 is 5.58. The first-order valence-corrected chi connectivity index (χ1v) is 7.36. The van der Waals surface area contributed by atoms with Gasteiger partial charge in [0.1, 0.15) is 5.75 Å². The number of aromatic amines is 1. The standard InChI is InChI=1S/C16H22N4O2.ClH/c1-4-10(2)15(17)16(21)18-12-5-7-13(8-6-12)22-14-9-11(3)19-20-14;/h5-10,15H,4,17H2,1-3H3,(H,18,21)(H,19,20);1H. The first kappa shape index (κ1) is 19.0. The van der Waals surface area contributed by atoms with Crippen molar-refractivity contribution in [2.45, 2.75) is 33.2 Å². The lowest BCUT2D eigenvalue weighted by molar-refractivity contribution is -0.118. The first-order chi connectivity index (χ1) is 10.5. The highest BCUT2D eigenvalue weighted by Crippen LogP contribution is 2.22. The molecule has 0 aliphatic rings. The molecule has 7 heteroatoms. The molecule has 126 valence electrons. The number of nitrogens with one attached hydrogen (secondary N) is 2. The summed E-state index contributed by atoms with van der Waals surface area (Å²) in [6.45, 7) is 5.88. The summed E-state index contributed by atoms with van der Waals surface area (Å²) in [6, 6.07) is 8.39. The number of benzene rings is 1. The van der Waals surface area contributed by atoms with Crippen LogP contribution in [-0.2, 0) is 4.79 Å². The van der Waals surface area contributed by atoms with E-state index in [0.717, 1.165) is 12.1 Å². The SMILES string of the molecule is CCC(C)C(N)C(=O)Nc1ccc(Oc2cc(C)[nH]n2)cc1.Cl. The lowest BCUT2D eigenvalue weighted by Gasteiger charge is -2.17. The van der Waals surface area contributed by atoms with Crippen molar-refractivity contribution < 1.29 is 9.53 Å². The highest BCUT2D eigenvalue weighted by Gasteiger charge is 2.19. The zero-order chi connectivity index (χ0) is 16.1. The Balaban J connectivity index is 0.00000264. The maximum atomic E-state index is 12.0. The summed E-state index contributed by atoms with van der Waals surface area (Å²) in [6.07, 6.45) is 0.866. The van der Waals surface area contributed by atoms with Crippen LogP contribution >= 0.6 is 12.4 Å². The van der Waals surface area contributed by atoms with Crippen LogP contribution in [0.25, 0.3) is 0 Å². The van der Waals surface area contributed by atoms with Crippen molar-refractivity contribution in [3.63, 3.8) is 0 Å². The van der Waals surface area contributed by atoms with Gasteiger partial charge in [0.25, 0.3) is 0 Å². The fraction of sp³-hybridized carbons (Fsp3) is 0.375. The van der Waals surface area contributed by atoms with Crippen LogP contribution in [0.4, 0.5) is 5.69 Å². The molecule has 6 nitrogen and oxygen atoms in total. The van der Waals surface area contributed by atoms with E-state index < -0.39 is 6.04 Å². The van der Waals surface area contributed by atoms with Crippen molar-refractivity contribution in [1.29, 1.82) is 0 Å². The Morgan fingerprint density at radius 3 is 2.57 bits per heavy atom. The third kappa shape index (κ3) is 5.26. The number of halogens is 1. The number of amides is 1. The predicted molar refractivity (Wildman–Crippen MR) is 93.1 cm³/mol. The number of H-pyrrole nitrogens is 1. The van der Waals surface area contributed by atoms with E-state index in [0.29, 0.717) is 17.3 Å². The number of rotatable bonds is 6. The van der Waals surface area contributed by atoms with Gasteiger partial charge >= 0.3 is 0 Å². The fourth-order valence-electron chi connectivity index (χ4n) is 1.91. The predicted octanol–water partition coefficient (Wildman–Crippen LogP) is 3.24. The smallest absolute Gasteiger partial charge is 0.241 e. The maximum Gasteiger partial charge on any atom is 0.241 e. The molecule has 1 heterocycles. The van der Waals surface area contributed by atoms with Gasteiger partial charge in [0.15, 0.2) is 0 Å². The summed E-state index contributed by atoms with van der Waals surface area (Å²) >= 11 is 0. The highest BCUT2D eigenvalue weighted by molar-refractivity contribution is 5.94. The summed E-state index contributed by atoms with van der Waals surface area (Å²) in [4.78, 5) is 12.0. The van der Waals surface area contributed by atoms with Gasteiger partial charge < -0.3 is 15.8 Å². The van der Waals surface area contributed by atoms with Crippen molar-refractivity contribution in [2.24, 2.45) is 11.7 Å². The summed E-state index contributed by atoms with van der Waals surface area (Å²) in [7, 11) is 0. The molecule has 0 aliphatic heterocycles. The number of aryl methyl sites for hydroxylation is 1. The molecule has 0 radical (unpaired) electrons. The fourth-order valence-corrected chi connectivity index (χ4v) is 1.91. The Kier molecular flexibility index (Phi) is 7.06. The van der Waals surface area contributed by atoms with Gasteiger partial charge in [-0.1, -0.05) is 20.3 Å². The molecule has 0 bridgehead atoms. The monoisotopic (exact) mass is 338 g/mol. The number of carbonyl (C=O) groups is 1. The van der Waals surface area contributed by atoms with Crippen molar-refractivity contribution in [2.75, 3.05) is 5.32 Å². The first-order valence-electron chi connectivity index (χ1n) is 7.36. The molecule has 0 spiro atoms. The number of nitrogens with two attached hydrogens (primary N) is 1. The molecule has 2 rings (SSSR count). The van der Waals surface area contributed by atoms with E-state index in [-0.39, 0.29) is 24.2 Å². The molecular weight excluding hydrogens is 316 g/mol. The summed E-state index contributed by atoms with van der Waals surface area (Å²) in [5.41, 5.74) is 7.52. The summed E-state index contributed by atoms with van der Waals surface area (Å²) in [5, 5.41) is 9.62. The van der Waals surface area contributed by atoms with Gasteiger partial charge in [-0.05, 0) is 37.1 Å². The third-order valence-electron chi connectivity index (χ3n) is 3.59. The second kappa shape index (κ2) is 8.55. The van der Waals surface area contributed by atoms with Crippen molar-refractivity contribution in [3.8, 4) is 11.6 Å². The van der Waals surface area contributed by atoms with Crippen LogP contribution in [0.5, 0.6) is 11.6 Å². The zero-order valence-electron chi connectivity index (χ0n) is 13.5. The number of aromatic nitrogens is 2. The van der Waals surface area contributed by atoms with E-state index in [4.69, 9.17) is 10.5 Å². The van der Waals surface area contributed by atoms with Gasteiger partial charge in [0, 0.05) is 17.4 Å². The second-order valence-corrected chi connectivity index (χ2v) is 5.42. The molecule has 1 aromatic carbocycles. The molecule has 2 atom stereocenters. The molecule has 0 saturated carbocycles. The van der Waals surface area contributed by atoms with Gasteiger partial charge in [-0.15, -0.1) is 17.5 Å². The number of carbonyl (C=O) groups excluding carboxylic acids is 1. The number of anilines is 1. The topological polar surface area (TPSA) is 93.0 Å². The average Bonchev–Trinajstić information content (AvgIpc) is 2.92. The van der Waals surface area contributed by atoms with Crippen LogP contribution < -0.4 is 15.8 Å². The summed E-state index contributed by atoms with van der Waals surface area (Å²) in [5.74, 6) is 1.13. The minimum atomic E-state index is -0.507. The van der Waals surface area contributed by atoms with Crippen LogP contribution in [0.15, 0.2) is 30.3 Å². The molecule has 0 fully saturated rings.